The maximum atomic E-state index is 5.47. The van der Waals surface area contributed by atoms with Crippen molar-refractivity contribution in [2.24, 2.45) is 10.9 Å². The molecule has 2 N–H and O–H groups in total. The van der Waals surface area contributed by atoms with Crippen LogP contribution in [0.25, 0.3) is 0 Å². The fraction of sp³-hybridized carbons (Fsp3) is 0.720. The van der Waals surface area contributed by atoms with Gasteiger partial charge in [-0.25, -0.2) is 0 Å². The Hall–Kier alpha value is -1.83. The molecule has 0 bridgehead atoms. The predicted octanol–water partition coefficient (Wildman–Crippen LogP) is 2.27. The van der Waals surface area contributed by atoms with E-state index < -0.39 is 0 Å². The van der Waals surface area contributed by atoms with Gasteiger partial charge in [-0.15, -0.1) is 0 Å². The molecule has 0 amide bonds. The van der Waals surface area contributed by atoms with Crippen LogP contribution in [0.4, 0.5) is 0 Å². The Kier molecular flexibility index (Phi) is 10.1. The Balaban J connectivity index is 1.48. The van der Waals surface area contributed by atoms with Crippen molar-refractivity contribution in [1.29, 1.82) is 0 Å². The highest BCUT2D eigenvalue weighted by Gasteiger charge is 2.24. The molecule has 0 spiro atoms. The Morgan fingerprint density at radius 1 is 1.03 bits per heavy atom. The number of guanidine groups is 1. The van der Waals surface area contributed by atoms with Crippen LogP contribution in [0.2, 0.25) is 0 Å². The quantitative estimate of drug-likeness (QED) is 0.427. The number of methoxy groups -OCH3 is 1. The second-order valence-corrected chi connectivity index (χ2v) is 9.21. The van der Waals surface area contributed by atoms with E-state index in [0.29, 0.717) is 12.0 Å². The molecule has 2 atom stereocenters. The van der Waals surface area contributed by atoms with Gasteiger partial charge in [0.25, 0.3) is 0 Å². The molecule has 7 heteroatoms. The van der Waals surface area contributed by atoms with Crippen molar-refractivity contribution in [2.75, 3.05) is 79.6 Å². The smallest absolute Gasteiger partial charge is 0.191 e. The average molecular weight is 445 g/mol. The van der Waals surface area contributed by atoms with Gasteiger partial charge in [0.2, 0.25) is 0 Å². The maximum Gasteiger partial charge on any atom is 0.191 e. The van der Waals surface area contributed by atoms with E-state index in [2.05, 4.69) is 62.4 Å². The van der Waals surface area contributed by atoms with Gasteiger partial charge in [0.1, 0.15) is 5.75 Å². The molecule has 0 radical (unpaired) electrons. The van der Waals surface area contributed by atoms with E-state index in [9.17, 15) is 0 Å². The maximum absolute atomic E-state index is 5.47. The summed E-state index contributed by atoms with van der Waals surface area (Å²) in [5.41, 5.74) is 1.30. The van der Waals surface area contributed by atoms with Gasteiger partial charge in [-0.2, -0.15) is 0 Å². The van der Waals surface area contributed by atoms with E-state index in [1.807, 2.05) is 13.1 Å². The van der Waals surface area contributed by atoms with Crippen molar-refractivity contribution in [2.45, 2.75) is 32.7 Å². The molecule has 0 aliphatic carbocycles. The first kappa shape index (κ1) is 24.8. The summed E-state index contributed by atoms with van der Waals surface area (Å²) in [5.74, 6) is 2.39. The average Bonchev–Trinajstić information content (AvgIpc) is 3.36. The Bertz CT molecular complexity index is 697. The van der Waals surface area contributed by atoms with Crippen LogP contribution in [0.15, 0.2) is 29.3 Å². The van der Waals surface area contributed by atoms with E-state index in [0.717, 1.165) is 44.4 Å². The SMILES string of the molecule is CCN1CCN(CC(C)CNC(=NC)NCC(c2cccc(OC)c2)N2CCCC2)CC1. The predicted molar refractivity (Wildman–Crippen MR) is 134 cm³/mol. The number of nitrogens with one attached hydrogen (secondary N) is 2. The second-order valence-electron chi connectivity index (χ2n) is 9.21. The first-order valence-corrected chi connectivity index (χ1v) is 12.4. The molecule has 32 heavy (non-hydrogen) atoms. The van der Waals surface area contributed by atoms with Crippen LogP contribution in [-0.4, -0.2) is 100 Å². The van der Waals surface area contributed by atoms with Crippen molar-refractivity contribution in [3.05, 3.63) is 29.8 Å². The summed E-state index contributed by atoms with van der Waals surface area (Å²) < 4.78 is 5.47. The van der Waals surface area contributed by atoms with Gasteiger partial charge < -0.3 is 25.2 Å². The molecule has 1 aromatic rings. The summed E-state index contributed by atoms with van der Waals surface area (Å²) in [6.45, 7) is 15.7. The lowest BCUT2D eigenvalue weighted by Crippen LogP contribution is -2.49. The van der Waals surface area contributed by atoms with Crippen molar-refractivity contribution >= 4 is 5.96 Å². The Morgan fingerprint density at radius 2 is 1.72 bits per heavy atom. The third-order valence-electron chi connectivity index (χ3n) is 6.85. The number of piperazine rings is 1. The van der Waals surface area contributed by atoms with Gasteiger partial charge in [-0.05, 0) is 56.1 Å². The first-order chi connectivity index (χ1) is 15.6. The summed E-state index contributed by atoms with van der Waals surface area (Å²) >= 11 is 0. The molecule has 2 fully saturated rings. The number of hydrogen-bond acceptors (Lipinski definition) is 5. The lowest BCUT2D eigenvalue weighted by Gasteiger charge is -2.35. The van der Waals surface area contributed by atoms with E-state index in [1.165, 1.54) is 51.1 Å². The highest BCUT2D eigenvalue weighted by molar-refractivity contribution is 5.79. The molecule has 7 nitrogen and oxygen atoms in total. The van der Waals surface area contributed by atoms with Crippen LogP contribution in [0.5, 0.6) is 5.75 Å². The van der Waals surface area contributed by atoms with E-state index in [1.54, 1.807) is 7.11 Å². The second kappa shape index (κ2) is 13.0. The minimum absolute atomic E-state index is 0.318. The number of hydrogen-bond donors (Lipinski definition) is 2. The minimum atomic E-state index is 0.318. The van der Waals surface area contributed by atoms with Crippen LogP contribution in [-0.2, 0) is 0 Å². The molecule has 180 valence electrons. The van der Waals surface area contributed by atoms with E-state index in [4.69, 9.17) is 4.74 Å². The fourth-order valence-corrected chi connectivity index (χ4v) is 4.84. The van der Waals surface area contributed by atoms with Crippen LogP contribution in [0.1, 0.15) is 38.3 Å². The van der Waals surface area contributed by atoms with Gasteiger partial charge in [0.15, 0.2) is 5.96 Å². The highest BCUT2D eigenvalue weighted by atomic mass is 16.5. The molecule has 2 aliphatic heterocycles. The van der Waals surface area contributed by atoms with Gasteiger partial charge in [-0.1, -0.05) is 26.0 Å². The molecular weight excluding hydrogens is 400 g/mol. The lowest BCUT2D eigenvalue weighted by molar-refractivity contribution is 0.124. The van der Waals surface area contributed by atoms with Gasteiger partial charge in [-0.3, -0.25) is 9.89 Å². The number of likely N-dealkylation sites (N-methyl/N-ethyl adjacent to an activating group) is 1. The highest BCUT2D eigenvalue weighted by Crippen LogP contribution is 2.27. The summed E-state index contributed by atoms with van der Waals surface area (Å²) in [5, 5.41) is 7.15. The topological polar surface area (TPSA) is 55.4 Å². The summed E-state index contributed by atoms with van der Waals surface area (Å²) in [4.78, 5) is 12.2. The van der Waals surface area contributed by atoms with Crippen molar-refractivity contribution < 1.29 is 4.74 Å². The number of benzene rings is 1. The molecule has 1 aromatic carbocycles. The number of nitrogens with zero attached hydrogens (tertiary/aromatic N) is 4. The van der Waals surface area contributed by atoms with Crippen LogP contribution in [0.3, 0.4) is 0 Å². The van der Waals surface area contributed by atoms with Gasteiger partial charge in [0, 0.05) is 52.9 Å². The number of ether oxygens (including phenoxy) is 1. The number of aliphatic imine (C=N–C) groups is 1. The molecular formula is C25H44N6O. The normalized spacial score (nSPS) is 20.8. The van der Waals surface area contributed by atoms with Crippen molar-refractivity contribution in [3.63, 3.8) is 0 Å². The monoisotopic (exact) mass is 444 g/mol. The molecule has 2 saturated heterocycles. The van der Waals surface area contributed by atoms with Gasteiger partial charge >= 0.3 is 0 Å². The zero-order chi connectivity index (χ0) is 22.8. The number of rotatable bonds is 10. The summed E-state index contributed by atoms with van der Waals surface area (Å²) in [7, 11) is 3.60. The molecule has 2 heterocycles. The minimum Gasteiger partial charge on any atom is -0.497 e. The zero-order valence-electron chi connectivity index (χ0n) is 20.6. The molecule has 2 aliphatic rings. The number of likely N-dealkylation sites (tertiary alicyclic amines) is 1. The Labute approximate surface area is 195 Å². The third kappa shape index (κ3) is 7.36. The van der Waals surface area contributed by atoms with Crippen LogP contribution < -0.4 is 15.4 Å². The Morgan fingerprint density at radius 3 is 2.38 bits per heavy atom. The van der Waals surface area contributed by atoms with E-state index >= 15 is 0 Å². The summed E-state index contributed by atoms with van der Waals surface area (Å²) in [6.07, 6.45) is 2.55. The summed E-state index contributed by atoms with van der Waals surface area (Å²) in [6, 6.07) is 8.80. The van der Waals surface area contributed by atoms with E-state index in [-0.39, 0.29) is 0 Å². The van der Waals surface area contributed by atoms with Crippen molar-refractivity contribution in [1.82, 2.24) is 25.3 Å². The molecule has 2 unspecified atom stereocenters. The van der Waals surface area contributed by atoms with Crippen molar-refractivity contribution in [3.8, 4) is 5.75 Å². The van der Waals surface area contributed by atoms with Crippen LogP contribution in [0, 0.1) is 5.92 Å². The molecule has 3 rings (SSSR count). The molecule has 0 aromatic heterocycles. The fourth-order valence-electron chi connectivity index (χ4n) is 4.84. The molecule has 0 saturated carbocycles. The van der Waals surface area contributed by atoms with Gasteiger partial charge in [0.05, 0.1) is 13.2 Å². The zero-order valence-corrected chi connectivity index (χ0v) is 20.6. The van der Waals surface area contributed by atoms with Crippen LogP contribution >= 0.6 is 0 Å². The largest absolute Gasteiger partial charge is 0.497 e. The lowest BCUT2D eigenvalue weighted by atomic mass is 10.1. The first-order valence-electron chi connectivity index (χ1n) is 12.4. The third-order valence-corrected chi connectivity index (χ3v) is 6.85. The standard InChI is InChI=1S/C25H44N6O/c1-5-29-13-15-30(16-14-29)20-21(2)18-27-25(26-3)28-19-24(31-11-6-7-12-31)22-9-8-10-23(17-22)32-4/h8-10,17,21,24H,5-7,11-16,18-20H2,1-4H3,(H2,26,27,28).